The highest BCUT2D eigenvalue weighted by Gasteiger charge is 2.23. The zero-order valence-corrected chi connectivity index (χ0v) is 11.8. The van der Waals surface area contributed by atoms with Crippen molar-refractivity contribution in [3.63, 3.8) is 0 Å². The van der Waals surface area contributed by atoms with Gasteiger partial charge in [0.15, 0.2) is 0 Å². The van der Waals surface area contributed by atoms with E-state index in [1.165, 1.54) is 12.8 Å². The molecule has 2 N–H and O–H groups in total. The van der Waals surface area contributed by atoms with Gasteiger partial charge in [-0.2, -0.15) is 0 Å². The van der Waals surface area contributed by atoms with Crippen LogP contribution >= 0.6 is 0 Å². The largest absolute Gasteiger partial charge is 0.490 e. The van der Waals surface area contributed by atoms with E-state index >= 15 is 0 Å². The number of ether oxygens (including phenoxy) is 1. The van der Waals surface area contributed by atoms with Crippen LogP contribution in [0.25, 0.3) is 11.3 Å². The zero-order valence-electron chi connectivity index (χ0n) is 11.8. The molecule has 0 atom stereocenters. The molecule has 1 aliphatic rings. The lowest BCUT2D eigenvalue weighted by Crippen LogP contribution is -2.03. The molecule has 4 nitrogen and oxygen atoms in total. The van der Waals surface area contributed by atoms with Crippen LogP contribution in [0.4, 0.5) is 5.82 Å². The Bertz CT molecular complexity index is 604. The molecule has 1 heterocycles. The Labute approximate surface area is 119 Å². The van der Waals surface area contributed by atoms with Gasteiger partial charge in [0.1, 0.15) is 17.4 Å². The molecular weight excluding hydrogens is 250 g/mol. The fourth-order valence-corrected chi connectivity index (χ4v) is 1.97. The SMILES string of the molecule is CC(C)c1nc(N)cc(-c2ccc(OC3CC3)cc2)n1. The molecule has 0 spiro atoms. The number of rotatable bonds is 4. The standard InChI is InChI=1S/C16H19N3O/c1-10(2)16-18-14(9-15(17)19-16)11-3-5-12(6-4-11)20-13-7-8-13/h3-6,9-10,13H,7-8H2,1-2H3,(H2,17,18,19). The molecule has 0 radical (unpaired) electrons. The molecule has 1 fully saturated rings. The highest BCUT2D eigenvalue weighted by Crippen LogP contribution is 2.28. The molecule has 1 aliphatic carbocycles. The number of anilines is 1. The summed E-state index contributed by atoms with van der Waals surface area (Å²) in [7, 11) is 0. The second-order valence-corrected chi connectivity index (χ2v) is 5.53. The number of benzene rings is 1. The Morgan fingerprint density at radius 1 is 1.15 bits per heavy atom. The maximum Gasteiger partial charge on any atom is 0.133 e. The minimum absolute atomic E-state index is 0.259. The van der Waals surface area contributed by atoms with Crippen molar-refractivity contribution in [3.05, 3.63) is 36.2 Å². The summed E-state index contributed by atoms with van der Waals surface area (Å²) in [5.74, 6) is 2.47. The molecule has 0 amide bonds. The minimum atomic E-state index is 0.259. The molecular formula is C16H19N3O. The van der Waals surface area contributed by atoms with Crippen molar-refractivity contribution in [2.24, 2.45) is 0 Å². The number of hydrogen-bond donors (Lipinski definition) is 1. The molecule has 4 heteroatoms. The summed E-state index contributed by atoms with van der Waals surface area (Å²) in [6, 6.07) is 9.82. The molecule has 2 aromatic rings. The van der Waals surface area contributed by atoms with Gasteiger partial charge in [0.25, 0.3) is 0 Å². The first-order valence-electron chi connectivity index (χ1n) is 7.03. The van der Waals surface area contributed by atoms with Crippen LogP contribution < -0.4 is 10.5 Å². The Hall–Kier alpha value is -2.10. The van der Waals surface area contributed by atoms with Crippen molar-refractivity contribution in [1.82, 2.24) is 9.97 Å². The summed E-state index contributed by atoms with van der Waals surface area (Å²) >= 11 is 0. The van der Waals surface area contributed by atoms with E-state index < -0.39 is 0 Å². The Balaban J connectivity index is 1.87. The molecule has 1 saturated carbocycles. The number of aromatic nitrogens is 2. The van der Waals surface area contributed by atoms with Crippen LogP contribution in [0.15, 0.2) is 30.3 Å². The quantitative estimate of drug-likeness (QED) is 0.924. The van der Waals surface area contributed by atoms with Gasteiger partial charge >= 0.3 is 0 Å². The maximum atomic E-state index is 5.86. The molecule has 3 rings (SSSR count). The molecule has 1 aromatic carbocycles. The maximum absolute atomic E-state index is 5.86. The highest BCUT2D eigenvalue weighted by molar-refractivity contribution is 5.62. The topological polar surface area (TPSA) is 61.0 Å². The first-order valence-corrected chi connectivity index (χ1v) is 7.03. The van der Waals surface area contributed by atoms with Crippen LogP contribution in [0.3, 0.4) is 0 Å². The summed E-state index contributed by atoms with van der Waals surface area (Å²) in [5, 5.41) is 0. The zero-order chi connectivity index (χ0) is 14.1. The van der Waals surface area contributed by atoms with Crippen LogP contribution in [-0.4, -0.2) is 16.1 Å². The van der Waals surface area contributed by atoms with Gasteiger partial charge in [-0.15, -0.1) is 0 Å². The minimum Gasteiger partial charge on any atom is -0.490 e. The fraction of sp³-hybridized carbons (Fsp3) is 0.375. The van der Waals surface area contributed by atoms with E-state index in [-0.39, 0.29) is 5.92 Å². The van der Waals surface area contributed by atoms with Crippen molar-refractivity contribution in [3.8, 4) is 17.0 Å². The molecule has 20 heavy (non-hydrogen) atoms. The summed E-state index contributed by atoms with van der Waals surface area (Å²) in [6.07, 6.45) is 2.76. The predicted molar refractivity (Wildman–Crippen MR) is 79.6 cm³/mol. The third-order valence-corrected chi connectivity index (χ3v) is 3.26. The molecule has 0 aliphatic heterocycles. The highest BCUT2D eigenvalue weighted by atomic mass is 16.5. The van der Waals surface area contributed by atoms with Crippen molar-refractivity contribution in [2.75, 3.05) is 5.73 Å². The molecule has 0 bridgehead atoms. The monoisotopic (exact) mass is 269 g/mol. The normalized spacial score (nSPS) is 14.6. The van der Waals surface area contributed by atoms with Gasteiger partial charge in [0, 0.05) is 17.5 Å². The van der Waals surface area contributed by atoms with Crippen molar-refractivity contribution >= 4 is 5.82 Å². The van der Waals surface area contributed by atoms with Crippen LogP contribution in [-0.2, 0) is 0 Å². The van der Waals surface area contributed by atoms with Gasteiger partial charge in [-0.25, -0.2) is 9.97 Å². The van der Waals surface area contributed by atoms with E-state index in [4.69, 9.17) is 10.5 Å². The lowest BCUT2D eigenvalue weighted by atomic mass is 10.1. The van der Waals surface area contributed by atoms with E-state index in [9.17, 15) is 0 Å². The molecule has 0 unspecified atom stereocenters. The fourth-order valence-electron chi connectivity index (χ4n) is 1.97. The summed E-state index contributed by atoms with van der Waals surface area (Å²) in [6.45, 7) is 4.12. The first kappa shape index (κ1) is 12.9. The third-order valence-electron chi connectivity index (χ3n) is 3.26. The molecule has 104 valence electrons. The summed E-state index contributed by atoms with van der Waals surface area (Å²) < 4.78 is 5.74. The Kier molecular flexibility index (Phi) is 3.30. The van der Waals surface area contributed by atoms with E-state index in [0.29, 0.717) is 11.9 Å². The Morgan fingerprint density at radius 2 is 1.85 bits per heavy atom. The number of nitrogens with zero attached hydrogens (tertiary/aromatic N) is 2. The van der Waals surface area contributed by atoms with Crippen LogP contribution in [0.2, 0.25) is 0 Å². The van der Waals surface area contributed by atoms with Crippen molar-refractivity contribution in [1.29, 1.82) is 0 Å². The smallest absolute Gasteiger partial charge is 0.133 e. The van der Waals surface area contributed by atoms with Gasteiger partial charge in [0.2, 0.25) is 0 Å². The van der Waals surface area contributed by atoms with Gasteiger partial charge in [-0.05, 0) is 37.1 Å². The number of hydrogen-bond acceptors (Lipinski definition) is 4. The van der Waals surface area contributed by atoms with Crippen LogP contribution in [0.5, 0.6) is 5.75 Å². The van der Waals surface area contributed by atoms with Gasteiger partial charge in [-0.3, -0.25) is 0 Å². The van der Waals surface area contributed by atoms with E-state index in [2.05, 4.69) is 23.8 Å². The van der Waals surface area contributed by atoms with Crippen molar-refractivity contribution < 1.29 is 4.74 Å². The summed E-state index contributed by atoms with van der Waals surface area (Å²) in [5.41, 5.74) is 7.75. The van der Waals surface area contributed by atoms with E-state index in [1.54, 1.807) is 0 Å². The lowest BCUT2D eigenvalue weighted by Gasteiger charge is -2.09. The van der Waals surface area contributed by atoms with Crippen LogP contribution in [0.1, 0.15) is 38.4 Å². The summed E-state index contributed by atoms with van der Waals surface area (Å²) in [4.78, 5) is 8.84. The van der Waals surface area contributed by atoms with Gasteiger partial charge in [-0.1, -0.05) is 13.8 Å². The van der Waals surface area contributed by atoms with Gasteiger partial charge in [0.05, 0.1) is 11.8 Å². The molecule has 1 aromatic heterocycles. The van der Waals surface area contributed by atoms with E-state index in [1.807, 2.05) is 30.3 Å². The van der Waals surface area contributed by atoms with Crippen molar-refractivity contribution in [2.45, 2.75) is 38.7 Å². The van der Waals surface area contributed by atoms with Gasteiger partial charge < -0.3 is 10.5 Å². The second kappa shape index (κ2) is 5.12. The first-order chi connectivity index (χ1) is 9.61. The lowest BCUT2D eigenvalue weighted by molar-refractivity contribution is 0.303. The molecule has 0 saturated heterocycles. The third kappa shape index (κ3) is 2.90. The number of nitrogens with two attached hydrogens (primary N) is 1. The number of nitrogen functional groups attached to an aromatic ring is 1. The average molecular weight is 269 g/mol. The average Bonchev–Trinajstić information content (AvgIpc) is 3.23. The second-order valence-electron chi connectivity index (χ2n) is 5.53. The van der Waals surface area contributed by atoms with Crippen LogP contribution in [0, 0.1) is 0 Å². The predicted octanol–water partition coefficient (Wildman–Crippen LogP) is 3.39. The Morgan fingerprint density at radius 3 is 2.45 bits per heavy atom. The van der Waals surface area contributed by atoms with E-state index in [0.717, 1.165) is 22.8 Å².